The van der Waals surface area contributed by atoms with E-state index in [2.05, 4.69) is 26.3 Å². The lowest BCUT2D eigenvalue weighted by molar-refractivity contribution is -0.143. The maximum atomic E-state index is 12.3. The highest BCUT2D eigenvalue weighted by Crippen LogP contribution is 2.21. The number of hydrogen-bond donors (Lipinski definition) is 2. The maximum absolute atomic E-state index is 12.3. The summed E-state index contributed by atoms with van der Waals surface area (Å²) in [6.45, 7) is 2.11. The molecule has 114 valence electrons. The normalized spacial score (nSPS) is 13.6. The predicted octanol–water partition coefficient (Wildman–Crippen LogP) is 2.00. The van der Waals surface area contributed by atoms with Crippen LogP contribution < -0.4 is 10.9 Å². The van der Waals surface area contributed by atoms with Crippen molar-refractivity contribution in [3.8, 4) is 0 Å². The third-order valence-electron chi connectivity index (χ3n) is 2.66. The molecule has 0 amide bonds. The molecule has 5 nitrogen and oxygen atoms in total. The van der Waals surface area contributed by atoms with Gasteiger partial charge in [0.05, 0.1) is 24.5 Å². The molecule has 9 heteroatoms. The molecule has 0 aromatic carbocycles. The molecule has 1 aromatic heterocycles. The van der Waals surface area contributed by atoms with E-state index in [1.54, 1.807) is 0 Å². The van der Waals surface area contributed by atoms with Crippen molar-refractivity contribution >= 4 is 21.6 Å². The van der Waals surface area contributed by atoms with Crippen LogP contribution in [0.3, 0.4) is 0 Å². The molecule has 0 aliphatic rings. The molecule has 1 atom stereocenters. The number of aromatic nitrogens is 2. The quantitative estimate of drug-likeness (QED) is 0.845. The fourth-order valence-corrected chi connectivity index (χ4v) is 1.89. The molecule has 1 heterocycles. The van der Waals surface area contributed by atoms with Crippen molar-refractivity contribution in [1.29, 1.82) is 0 Å². The van der Waals surface area contributed by atoms with Gasteiger partial charge in [-0.3, -0.25) is 4.79 Å². The Morgan fingerprint density at radius 3 is 2.55 bits per heavy atom. The van der Waals surface area contributed by atoms with Gasteiger partial charge in [0.25, 0.3) is 5.56 Å². The van der Waals surface area contributed by atoms with Gasteiger partial charge in [0.15, 0.2) is 0 Å². The number of alkyl halides is 3. The summed E-state index contributed by atoms with van der Waals surface area (Å²) in [4.78, 5) is 11.8. The maximum Gasteiger partial charge on any atom is 0.408 e. The zero-order valence-electron chi connectivity index (χ0n) is 10.9. The van der Waals surface area contributed by atoms with Gasteiger partial charge in [-0.2, -0.15) is 18.3 Å². The van der Waals surface area contributed by atoms with Crippen molar-refractivity contribution in [2.75, 3.05) is 11.9 Å². The zero-order valence-corrected chi connectivity index (χ0v) is 12.5. The summed E-state index contributed by atoms with van der Waals surface area (Å²) in [5.74, 6) is 0.0736. The third kappa shape index (κ3) is 4.48. The van der Waals surface area contributed by atoms with Crippen LogP contribution in [0.25, 0.3) is 0 Å². The lowest BCUT2D eigenvalue weighted by Gasteiger charge is -2.21. The number of rotatable bonds is 5. The topological polar surface area (TPSA) is 67.2 Å². The van der Waals surface area contributed by atoms with Gasteiger partial charge < -0.3 is 10.4 Å². The van der Waals surface area contributed by atoms with Crippen LogP contribution in [0.4, 0.5) is 18.9 Å². The van der Waals surface area contributed by atoms with Crippen LogP contribution in [-0.4, -0.2) is 33.7 Å². The molecule has 0 radical (unpaired) electrons. The molecule has 20 heavy (non-hydrogen) atoms. The SMILES string of the molecule is CC(C)[C@@H](CO)Nc1cnn(CC(F)(F)F)c(=O)c1Br. The van der Waals surface area contributed by atoms with Gasteiger partial charge in [-0.05, 0) is 21.8 Å². The van der Waals surface area contributed by atoms with E-state index in [0.29, 0.717) is 4.68 Å². The summed E-state index contributed by atoms with van der Waals surface area (Å²) in [5, 5.41) is 15.5. The van der Waals surface area contributed by atoms with E-state index in [-0.39, 0.29) is 28.7 Å². The van der Waals surface area contributed by atoms with Gasteiger partial charge in [0.2, 0.25) is 0 Å². The number of halogens is 4. The Hall–Kier alpha value is -1.09. The number of nitrogens with one attached hydrogen (secondary N) is 1. The largest absolute Gasteiger partial charge is 0.408 e. The Bertz CT molecular complexity index is 517. The third-order valence-corrected chi connectivity index (χ3v) is 3.42. The second kappa shape index (κ2) is 6.57. The average Bonchev–Trinajstić information content (AvgIpc) is 2.32. The summed E-state index contributed by atoms with van der Waals surface area (Å²) in [7, 11) is 0. The Kier molecular flexibility index (Phi) is 5.58. The van der Waals surface area contributed by atoms with Gasteiger partial charge in [-0.15, -0.1) is 0 Å². The first-order valence-corrected chi connectivity index (χ1v) is 6.64. The highest BCUT2D eigenvalue weighted by atomic mass is 79.9. The summed E-state index contributed by atoms with van der Waals surface area (Å²) in [5.41, 5.74) is -0.631. The Morgan fingerprint density at radius 1 is 1.50 bits per heavy atom. The van der Waals surface area contributed by atoms with Crippen LogP contribution >= 0.6 is 15.9 Å². The standard InChI is InChI=1S/C11H15BrF3N3O2/c1-6(2)8(4-19)17-7-3-16-18(5-11(13,14)15)10(20)9(7)12/h3,6,8,17,19H,4-5H2,1-2H3/t8-/m1/s1. The van der Waals surface area contributed by atoms with Crippen molar-refractivity contribution in [1.82, 2.24) is 9.78 Å². The van der Waals surface area contributed by atoms with Crippen LogP contribution in [-0.2, 0) is 6.54 Å². The summed E-state index contributed by atoms with van der Waals surface area (Å²) < 4.78 is 37.1. The predicted molar refractivity (Wildman–Crippen MR) is 71.6 cm³/mol. The minimum Gasteiger partial charge on any atom is -0.394 e. The van der Waals surface area contributed by atoms with E-state index in [1.807, 2.05) is 13.8 Å². The van der Waals surface area contributed by atoms with E-state index in [9.17, 15) is 23.1 Å². The first kappa shape index (κ1) is 17.0. The minimum absolute atomic E-state index is 0.0455. The van der Waals surface area contributed by atoms with E-state index in [1.165, 1.54) is 0 Å². The van der Waals surface area contributed by atoms with Crippen LogP contribution in [0.5, 0.6) is 0 Å². The van der Waals surface area contributed by atoms with Gasteiger partial charge in [0.1, 0.15) is 11.0 Å². The molecule has 0 fully saturated rings. The second-order valence-electron chi connectivity index (χ2n) is 4.63. The van der Waals surface area contributed by atoms with Crippen molar-refractivity contribution in [3.05, 3.63) is 21.0 Å². The van der Waals surface area contributed by atoms with Gasteiger partial charge in [-0.1, -0.05) is 13.8 Å². The first-order valence-electron chi connectivity index (χ1n) is 5.85. The van der Waals surface area contributed by atoms with Crippen LogP contribution in [0.2, 0.25) is 0 Å². The van der Waals surface area contributed by atoms with Crippen LogP contribution in [0.15, 0.2) is 15.5 Å². The number of anilines is 1. The Balaban J connectivity index is 3.03. The highest BCUT2D eigenvalue weighted by molar-refractivity contribution is 9.10. The van der Waals surface area contributed by atoms with Crippen molar-refractivity contribution < 1.29 is 18.3 Å². The lowest BCUT2D eigenvalue weighted by Crippen LogP contribution is -2.34. The van der Waals surface area contributed by atoms with Crippen molar-refractivity contribution in [2.45, 2.75) is 32.6 Å². The lowest BCUT2D eigenvalue weighted by atomic mass is 10.1. The Labute approximate surface area is 121 Å². The van der Waals surface area contributed by atoms with E-state index in [0.717, 1.165) is 6.20 Å². The number of aliphatic hydroxyl groups excluding tert-OH is 1. The molecular weight excluding hydrogens is 343 g/mol. The molecule has 0 saturated carbocycles. The number of hydrogen-bond acceptors (Lipinski definition) is 4. The van der Waals surface area contributed by atoms with E-state index >= 15 is 0 Å². The summed E-state index contributed by atoms with van der Waals surface area (Å²) in [6.07, 6.45) is -3.39. The first-order chi connectivity index (χ1) is 9.15. The molecule has 0 aliphatic heterocycles. The minimum atomic E-state index is -4.52. The molecule has 2 N–H and O–H groups in total. The monoisotopic (exact) mass is 357 g/mol. The van der Waals surface area contributed by atoms with E-state index in [4.69, 9.17) is 0 Å². The average molecular weight is 358 g/mol. The molecule has 1 aromatic rings. The highest BCUT2D eigenvalue weighted by Gasteiger charge is 2.29. The molecule has 0 aliphatic carbocycles. The molecule has 1 rings (SSSR count). The second-order valence-corrected chi connectivity index (χ2v) is 5.42. The number of nitrogens with zero attached hydrogens (tertiary/aromatic N) is 2. The van der Waals surface area contributed by atoms with Gasteiger partial charge in [-0.25, -0.2) is 4.68 Å². The summed E-state index contributed by atoms with van der Waals surface area (Å²) >= 11 is 2.96. The smallest absolute Gasteiger partial charge is 0.394 e. The molecular formula is C11H15BrF3N3O2. The molecule has 0 bridgehead atoms. The van der Waals surface area contributed by atoms with Crippen molar-refractivity contribution in [3.63, 3.8) is 0 Å². The zero-order chi connectivity index (χ0) is 15.5. The fraction of sp³-hybridized carbons (Fsp3) is 0.636. The molecule has 0 saturated heterocycles. The number of aliphatic hydroxyl groups is 1. The summed E-state index contributed by atoms with van der Waals surface area (Å²) in [6, 6.07) is -0.328. The fourth-order valence-electron chi connectivity index (χ4n) is 1.47. The van der Waals surface area contributed by atoms with Crippen LogP contribution in [0, 0.1) is 5.92 Å². The van der Waals surface area contributed by atoms with Gasteiger partial charge >= 0.3 is 6.18 Å². The van der Waals surface area contributed by atoms with E-state index < -0.39 is 18.3 Å². The molecule has 0 spiro atoms. The van der Waals surface area contributed by atoms with Crippen LogP contribution in [0.1, 0.15) is 13.8 Å². The Morgan fingerprint density at radius 2 is 2.10 bits per heavy atom. The van der Waals surface area contributed by atoms with Crippen molar-refractivity contribution in [2.24, 2.45) is 5.92 Å². The molecule has 0 unspecified atom stereocenters. The van der Waals surface area contributed by atoms with Gasteiger partial charge in [0, 0.05) is 0 Å².